The number of furan rings is 2. The van der Waals surface area contributed by atoms with Gasteiger partial charge in [0.2, 0.25) is 0 Å². The van der Waals surface area contributed by atoms with Gasteiger partial charge >= 0.3 is 0 Å². The number of nitrogens with zero attached hydrogens (tertiary/aromatic N) is 2. The Balaban J connectivity index is 2.17. The van der Waals surface area contributed by atoms with Gasteiger partial charge in [-0.05, 0) is 38.5 Å². The molecule has 24 heavy (non-hydrogen) atoms. The molecule has 124 valence electrons. The summed E-state index contributed by atoms with van der Waals surface area (Å²) in [7, 11) is 0. The van der Waals surface area contributed by atoms with Crippen LogP contribution in [0, 0.1) is 17.0 Å². The Morgan fingerprint density at radius 3 is 2.71 bits per heavy atom. The van der Waals surface area contributed by atoms with Crippen molar-refractivity contribution >= 4 is 22.4 Å². The van der Waals surface area contributed by atoms with Crippen LogP contribution in [0.15, 0.2) is 44.3 Å². The number of aryl methyl sites for hydroxylation is 2. The summed E-state index contributed by atoms with van der Waals surface area (Å²) in [6.45, 7) is 3.54. The molecular weight excluding hydrogens is 312 g/mol. The molecular formula is C17H16N2O5. The van der Waals surface area contributed by atoms with Crippen LogP contribution in [0.5, 0.6) is 0 Å². The molecule has 3 rings (SSSR count). The maximum absolute atomic E-state index is 11.1. The Kier molecular flexibility index (Phi) is 4.07. The van der Waals surface area contributed by atoms with Crippen molar-refractivity contribution in [3.8, 4) is 11.3 Å². The highest BCUT2D eigenvalue weighted by atomic mass is 16.6. The van der Waals surface area contributed by atoms with Crippen LogP contribution in [0.4, 0.5) is 5.69 Å². The van der Waals surface area contributed by atoms with Gasteiger partial charge in [0.1, 0.15) is 22.9 Å². The maximum Gasteiger partial charge on any atom is 0.270 e. The molecule has 7 nitrogen and oxygen atoms in total. The molecule has 0 aliphatic rings. The largest absolute Gasteiger partial charge is 0.461 e. The summed E-state index contributed by atoms with van der Waals surface area (Å²) in [4.78, 5) is 10.6. The van der Waals surface area contributed by atoms with Gasteiger partial charge in [0, 0.05) is 23.9 Å². The van der Waals surface area contributed by atoms with Crippen molar-refractivity contribution in [1.82, 2.24) is 0 Å². The van der Waals surface area contributed by atoms with E-state index in [9.17, 15) is 10.1 Å². The number of rotatable bonds is 5. The van der Waals surface area contributed by atoms with E-state index in [1.165, 1.54) is 12.1 Å². The van der Waals surface area contributed by atoms with Crippen LogP contribution in [0.3, 0.4) is 0 Å². The lowest BCUT2D eigenvalue weighted by molar-refractivity contribution is -0.384. The molecule has 1 N–H and O–H groups in total. The molecule has 0 saturated heterocycles. The fraction of sp³-hybridized carbons (Fsp3) is 0.235. The van der Waals surface area contributed by atoms with Crippen LogP contribution in [-0.4, -0.2) is 15.8 Å². The van der Waals surface area contributed by atoms with Crippen LogP contribution >= 0.6 is 0 Å². The second-order valence-electron chi connectivity index (χ2n) is 5.58. The average molecular weight is 328 g/mol. The molecule has 0 fully saturated rings. The summed E-state index contributed by atoms with van der Waals surface area (Å²) < 4.78 is 11.6. The van der Waals surface area contributed by atoms with Crippen LogP contribution in [-0.2, 0) is 6.42 Å². The van der Waals surface area contributed by atoms with Gasteiger partial charge in [0.25, 0.3) is 5.69 Å². The molecule has 0 aliphatic carbocycles. The minimum absolute atomic E-state index is 0.00696. The van der Waals surface area contributed by atoms with Crippen molar-refractivity contribution in [2.75, 3.05) is 0 Å². The summed E-state index contributed by atoms with van der Waals surface area (Å²) >= 11 is 0. The van der Waals surface area contributed by atoms with E-state index in [1.54, 1.807) is 13.0 Å². The number of non-ortho nitro benzene ring substituents is 1. The van der Waals surface area contributed by atoms with E-state index in [0.29, 0.717) is 46.6 Å². The van der Waals surface area contributed by atoms with Crippen LogP contribution < -0.4 is 0 Å². The quantitative estimate of drug-likeness (QED) is 0.317. The lowest BCUT2D eigenvalue weighted by atomic mass is 10.0. The Labute approximate surface area is 137 Å². The molecule has 1 aromatic carbocycles. The van der Waals surface area contributed by atoms with Gasteiger partial charge < -0.3 is 14.0 Å². The minimum atomic E-state index is -0.439. The maximum atomic E-state index is 11.1. The van der Waals surface area contributed by atoms with Gasteiger partial charge in [-0.3, -0.25) is 10.1 Å². The number of nitro groups is 1. The van der Waals surface area contributed by atoms with E-state index in [1.807, 2.05) is 19.1 Å². The third-order valence-electron chi connectivity index (χ3n) is 3.83. The minimum Gasteiger partial charge on any atom is -0.461 e. The standard InChI is InChI=1S/C17H16N2O5/c1-10(18-20)3-6-16-17(15-7-4-11(2)23-15)13-9-12(19(21)22)5-8-14(13)24-16/h4-5,7-9,20H,3,6H2,1-2H3. The van der Waals surface area contributed by atoms with Crippen molar-refractivity contribution in [1.29, 1.82) is 0 Å². The van der Waals surface area contributed by atoms with E-state index < -0.39 is 4.92 Å². The van der Waals surface area contributed by atoms with Gasteiger partial charge in [-0.15, -0.1) is 0 Å². The second kappa shape index (κ2) is 6.19. The van der Waals surface area contributed by atoms with Crippen molar-refractivity contribution < 1.29 is 19.0 Å². The van der Waals surface area contributed by atoms with Gasteiger partial charge in [-0.1, -0.05) is 5.16 Å². The molecule has 0 bridgehead atoms. The predicted octanol–water partition coefficient (Wildman–Crippen LogP) is 4.69. The van der Waals surface area contributed by atoms with Crippen molar-refractivity contribution in [2.24, 2.45) is 5.16 Å². The molecule has 2 heterocycles. The fourth-order valence-electron chi connectivity index (χ4n) is 2.61. The van der Waals surface area contributed by atoms with Crippen LogP contribution in [0.2, 0.25) is 0 Å². The lowest BCUT2D eigenvalue weighted by Crippen LogP contribution is -1.95. The van der Waals surface area contributed by atoms with Crippen molar-refractivity contribution in [2.45, 2.75) is 26.7 Å². The average Bonchev–Trinajstić information content (AvgIpc) is 3.14. The zero-order chi connectivity index (χ0) is 17.3. The van der Waals surface area contributed by atoms with E-state index >= 15 is 0 Å². The second-order valence-corrected chi connectivity index (χ2v) is 5.58. The van der Waals surface area contributed by atoms with E-state index in [-0.39, 0.29) is 5.69 Å². The molecule has 3 aromatic rings. The molecule has 0 unspecified atom stereocenters. The number of hydrogen-bond acceptors (Lipinski definition) is 6. The van der Waals surface area contributed by atoms with Crippen LogP contribution in [0.25, 0.3) is 22.3 Å². The predicted molar refractivity (Wildman–Crippen MR) is 88.5 cm³/mol. The van der Waals surface area contributed by atoms with Gasteiger partial charge in [-0.25, -0.2) is 0 Å². The molecule has 0 amide bonds. The highest BCUT2D eigenvalue weighted by Gasteiger charge is 2.21. The van der Waals surface area contributed by atoms with Crippen molar-refractivity contribution in [3.63, 3.8) is 0 Å². The summed E-state index contributed by atoms with van der Waals surface area (Å²) in [5, 5.41) is 23.7. The van der Waals surface area contributed by atoms with E-state index in [4.69, 9.17) is 14.0 Å². The Hall–Kier alpha value is -3.09. The van der Waals surface area contributed by atoms with Gasteiger partial charge in [-0.2, -0.15) is 0 Å². The monoisotopic (exact) mass is 328 g/mol. The highest BCUT2D eigenvalue weighted by Crippen LogP contribution is 2.38. The van der Waals surface area contributed by atoms with E-state index in [2.05, 4.69) is 5.16 Å². The number of nitro benzene ring substituents is 1. The summed E-state index contributed by atoms with van der Waals surface area (Å²) in [5.74, 6) is 1.98. The summed E-state index contributed by atoms with van der Waals surface area (Å²) in [5.41, 5.74) is 1.82. The number of benzene rings is 1. The first-order valence-electron chi connectivity index (χ1n) is 7.43. The molecule has 0 saturated carbocycles. The van der Waals surface area contributed by atoms with Gasteiger partial charge in [0.05, 0.1) is 16.2 Å². The number of fused-ring (bicyclic) bond motifs is 1. The molecule has 0 spiro atoms. The molecule has 2 aromatic heterocycles. The van der Waals surface area contributed by atoms with Crippen LogP contribution in [0.1, 0.15) is 24.9 Å². The SMILES string of the molecule is CC(CCc1oc2ccc([N+](=O)[O-])cc2c1-c1ccc(C)o1)=NO. The number of oxime groups is 1. The van der Waals surface area contributed by atoms with Crippen molar-refractivity contribution in [3.05, 3.63) is 52.0 Å². The molecule has 7 heteroatoms. The first-order valence-corrected chi connectivity index (χ1v) is 7.43. The normalized spacial score (nSPS) is 12.0. The zero-order valence-electron chi connectivity index (χ0n) is 13.3. The molecule has 0 radical (unpaired) electrons. The Morgan fingerprint density at radius 1 is 1.29 bits per heavy atom. The number of hydrogen-bond donors (Lipinski definition) is 1. The first-order chi connectivity index (χ1) is 11.5. The fourth-order valence-corrected chi connectivity index (χ4v) is 2.61. The third-order valence-corrected chi connectivity index (χ3v) is 3.83. The third kappa shape index (κ3) is 2.88. The Bertz CT molecular complexity index is 936. The zero-order valence-corrected chi connectivity index (χ0v) is 13.3. The highest BCUT2D eigenvalue weighted by molar-refractivity contribution is 5.96. The summed E-state index contributed by atoms with van der Waals surface area (Å²) in [6.07, 6.45) is 0.999. The topological polar surface area (TPSA) is 102 Å². The van der Waals surface area contributed by atoms with E-state index in [0.717, 1.165) is 5.76 Å². The first kappa shape index (κ1) is 15.8. The lowest BCUT2D eigenvalue weighted by Gasteiger charge is -2.00. The Morgan fingerprint density at radius 2 is 2.08 bits per heavy atom. The molecule has 0 aliphatic heterocycles. The summed E-state index contributed by atoms with van der Waals surface area (Å²) in [6, 6.07) is 8.13. The smallest absolute Gasteiger partial charge is 0.270 e. The molecule has 0 atom stereocenters. The van der Waals surface area contributed by atoms with Gasteiger partial charge in [0.15, 0.2) is 0 Å².